The second-order valence-corrected chi connectivity index (χ2v) is 12.5. The molecule has 0 fully saturated rings. The number of rotatable bonds is 21. The van der Waals surface area contributed by atoms with Crippen molar-refractivity contribution in [2.24, 2.45) is 11.5 Å². The molecule has 0 radical (unpaired) electrons. The van der Waals surface area contributed by atoms with Gasteiger partial charge in [-0.25, -0.2) is 0 Å². The van der Waals surface area contributed by atoms with E-state index < -0.39 is 98.6 Å². The van der Waals surface area contributed by atoms with E-state index >= 15 is 0 Å². The summed E-state index contributed by atoms with van der Waals surface area (Å²) < 4.78 is 0. The fourth-order valence-electron chi connectivity index (χ4n) is 2.52. The molecule has 0 heterocycles. The van der Waals surface area contributed by atoms with Crippen molar-refractivity contribution in [3.05, 3.63) is 0 Å². The average Bonchev–Trinajstić information content (AvgIpc) is 2.87. The van der Waals surface area contributed by atoms with Gasteiger partial charge in [0.1, 0.15) is 0 Å². The molecule has 0 saturated heterocycles. The van der Waals surface area contributed by atoms with E-state index in [0.717, 1.165) is 10.2 Å². The molecule has 4 amide bonds. The van der Waals surface area contributed by atoms with Gasteiger partial charge >= 0.3 is 237 Å². The van der Waals surface area contributed by atoms with E-state index in [4.69, 9.17) is 31.9 Å². The molecular formula is C20H32N6O12SSe. The van der Waals surface area contributed by atoms with Crippen LogP contribution < -0.4 is 32.7 Å². The Balaban J connectivity index is 5.18. The van der Waals surface area contributed by atoms with E-state index in [1.807, 2.05) is 0 Å². The Hall–Kier alpha value is -3.45. The Bertz CT molecular complexity index is 881. The molecule has 0 bridgehead atoms. The summed E-state index contributed by atoms with van der Waals surface area (Å²) in [7, 11) is 1.09. The fraction of sp³-hybridized carbons (Fsp3) is 0.600. The third-order valence-corrected chi connectivity index (χ3v) is 8.92. The molecule has 18 nitrogen and oxygen atoms in total. The number of carbonyl (C=O) groups excluding carboxylic acids is 4. The first-order valence-electron chi connectivity index (χ1n) is 11.4. The summed E-state index contributed by atoms with van der Waals surface area (Å²) in [6.45, 7) is -1.45. The van der Waals surface area contributed by atoms with Crippen molar-refractivity contribution in [2.75, 3.05) is 18.8 Å². The molecule has 0 aromatic carbocycles. The molecule has 0 spiro atoms. The van der Waals surface area contributed by atoms with Gasteiger partial charge in [-0.05, 0) is 0 Å². The van der Waals surface area contributed by atoms with Crippen LogP contribution in [0.4, 0.5) is 0 Å². The first-order chi connectivity index (χ1) is 18.6. The summed E-state index contributed by atoms with van der Waals surface area (Å²) in [5.74, 6) is -8.46. The number of nitrogens with two attached hydrogens (primary N) is 2. The van der Waals surface area contributed by atoms with Crippen molar-refractivity contribution in [3.63, 3.8) is 0 Å². The maximum absolute atomic E-state index is 12.4. The molecule has 0 unspecified atom stereocenters. The third-order valence-electron chi connectivity index (χ3n) is 4.68. The van der Waals surface area contributed by atoms with E-state index in [2.05, 4.69) is 21.3 Å². The SMILES string of the molecule is N[C@@H](CCC(=O)N[C@@H](CS[Se]C[C@@H](NC(=O)CC[C@H](N)C(=O)O)C(=O)NCC(=O)O)C(=O)NCC(=O)O)C(=O)O. The van der Waals surface area contributed by atoms with Crippen molar-refractivity contribution in [3.8, 4) is 0 Å². The molecule has 0 saturated carbocycles. The van der Waals surface area contributed by atoms with Gasteiger partial charge in [0, 0.05) is 0 Å². The molecular weight excluding hydrogens is 627 g/mol. The molecule has 0 aromatic rings. The summed E-state index contributed by atoms with van der Waals surface area (Å²) in [5.41, 5.74) is 10.7. The van der Waals surface area contributed by atoms with Gasteiger partial charge in [0.25, 0.3) is 0 Å². The van der Waals surface area contributed by atoms with E-state index in [1.54, 1.807) is 0 Å². The Morgan fingerprint density at radius 3 is 1.48 bits per heavy atom. The molecule has 40 heavy (non-hydrogen) atoms. The van der Waals surface area contributed by atoms with Crippen molar-refractivity contribution in [2.45, 2.75) is 55.2 Å². The molecule has 12 N–H and O–H groups in total. The normalized spacial score (nSPS) is 13.6. The number of carboxylic acid groups (broad SMARTS) is 4. The molecule has 0 aliphatic carbocycles. The van der Waals surface area contributed by atoms with Gasteiger partial charge in [-0.2, -0.15) is 0 Å². The van der Waals surface area contributed by atoms with Crippen LogP contribution in [-0.2, 0) is 38.4 Å². The van der Waals surface area contributed by atoms with Crippen molar-refractivity contribution in [1.82, 2.24) is 21.3 Å². The van der Waals surface area contributed by atoms with Gasteiger partial charge in [0.05, 0.1) is 0 Å². The van der Waals surface area contributed by atoms with Crippen LogP contribution >= 0.6 is 10.2 Å². The summed E-state index contributed by atoms with van der Waals surface area (Å²) in [6.07, 6.45) is -1.07. The van der Waals surface area contributed by atoms with Crippen LogP contribution in [0.15, 0.2) is 0 Å². The number of hydrogen-bond acceptors (Lipinski definition) is 11. The Morgan fingerprint density at radius 2 is 1.07 bits per heavy atom. The summed E-state index contributed by atoms with van der Waals surface area (Å²) in [4.78, 5) is 92.4. The monoisotopic (exact) mass is 660 g/mol. The van der Waals surface area contributed by atoms with Crippen LogP contribution in [0.2, 0.25) is 5.32 Å². The predicted octanol–water partition coefficient (Wildman–Crippen LogP) is -4.49. The Morgan fingerprint density at radius 1 is 0.675 bits per heavy atom. The van der Waals surface area contributed by atoms with Gasteiger partial charge in [-0.3, -0.25) is 0 Å². The van der Waals surface area contributed by atoms with Crippen LogP contribution in [0.1, 0.15) is 25.7 Å². The summed E-state index contributed by atoms with van der Waals surface area (Å²) in [6, 6.07) is -5.04. The minimum absolute atomic E-state index is 0.00921. The van der Waals surface area contributed by atoms with Gasteiger partial charge < -0.3 is 0 Å². The number of amides is 4. The van der Waals surface area contributed by atoms with E-state index in [9.17, 15) is 38.4 Å². The third kappa shape index (κ3) is 17.2. The molecule has 4 atom stereocenters. The zero-order valence-corrected chi connectivity index (χ0v) is 23.5. The summed E-state index contributed by atoms with van der Waals surface area (Å²) >= 11 is -0.558. The number of nitrogens with one attached hydrogen (secondary N) is 4. The quantitative estimate of drug-likeness (QED) is 0.0410. The van der Waals surface area contributed by atoms with E-state index in [-0.39, 0.29) is 36.8 Å². The maximum atomic E-state index is 12.4. The zero-order valence-electron chi connectivity index (χ0n) is 21.0. The topological polar surface area (TPSA) is 318 Å². The van der Waals surface area contributed by atoms with Crippen molar-refractivity contribution < 1.29 is 58.8 Å². The number of hydrogen-bond donors (Lipinski definition) is 10. The average molecular weight is 660 g/mol. The molecule has 0 aromatic heterocycles. The van der Waals surface area contributed by atoms with Gasteiger partial charge in [0.15, 0.2) is 0 Å². The predicted molar refractivity (Wildman–Crippen MR) is 138 cm³/mol. The van der Waals surface area contributed by atoms with E-state index in [0.29, 0.717) is 0 Å². The minimum atomic E-state index is -1.34. The second kappa shape index (κ2) is 19.6. The molecule has 0 aliphatic rings. The number of aliphatic carboxylic acids is 4. The Kier molecular flexibility index (Phi) is 17.9. The fourth-order valence-corrected chi connectivity index (χ4v) is 6.64. The van der Waals surface area contributed by atoms with Crippen LogP contribution in [0, 0.1) is 0 Å². The first kappa shape index (κ1) is 36.5. The molecule has 0 aliphatic heterocycles. The van der Waals surface area contributed by atoms with Gasteiger partial charge in [-0.1, -0.05) is 0 Å². The molecule has 0 rings (SSSR count). The first-order valence-corrected chi connectivity index (χ1v) is 15.6. The standard InChI is InChI=1S/C20H32N6O12SSe/c21-9(19(35)36)1-3-13(27)25-11(17(33)23-5-15(29)30)7-39-40-8-12(18(34)24-6-16(31)32)26-14(28)4-2-10(22)20(37)38/h9-12H,1-8,21-22H2,(H,23,33)(H,24,34)(H,25,27)(H,26,28)(H,29,30)(H,31,32)(H,35,36)(H,37,38)/t9-,10-,11-,12+/m0/s1. The Labute approximate surface area is 236 Å². The van der Waals surface area contributed by atoms with Crippen LogP contribution in [0.25, 0.3) is 0 Å². The number of carbonyl (C=O) groups is 8. The van der Waals surface area contributed by atoms with Crippen LogP contribution in [0.5, 0.6) is 0 Å². The molecule has 20 heteroatoms. The van der Waals surface area contributed by atoms with Gasteiger partial charge in [0.2, 0.25) is 0 Å². The number of carboxylic acids is 4. The van der Waals surface area contributed by atoms with Crippen molar-refractivity contribution in [1.29, 1.82) is 0 Å². The summed E-state index contributed by atoms with van der Waals surface area (Å²) in [5, 5.41) is 44.2. The second-order valence-electron chi connectivity index (χ2n) is 8.00. The molecule has 226 valence electrons. The van der Waals surface area contributed by atoms with Crippen LogP contribution in [-0.4, -0.2) is 125 Å². The van der Waals surface area contributed by atoms with Crippen LogP contribution in [0.3, 0.4) is 0 Å². The van der Waals surface area contributed by atoms with Gasteiger partial charge in [-0.15, -0.1) is 0 Å². The van der Waals surface area contributed by atoms with Crippen molar-refractivity contribution >= 4 is 71.5 Å². The van der Waals surface area contributed by atoms with E-state index in [1.165, 1.54) is 0 Å². The zero-order chi connectivity index (χ0) is 30.8.